The van der Waals surface area contributed by atoms with Crippen LogP contribution in [0.15, 0.2) is 40.7 Å². The van der Waals surface area contributed by atoms with Crippen molar-refractivity contribution in [2.45, 2.75) is 5.54 Å². The molecule has 0 radical (unpaired) electrons. The van der Waals surface area contributed by atoms with Gasteiger partial charge in [0.2, 0.25) is 0 Å². The maximum atomic E-state index is 10.9. The van der Waals surface area contributed by atoms with Crippen molar-refractivity contribution < 1.29 is 9.90 Å². The first-order valence-electron chi connectivity index (χ1n) is 6.06. The molecule has 3 rings (SSSR count). The first-order valence-corrected chi connectivity index (χ1v) is 6.81. The van der Waals surface area contributed by atoms with E-state index in [2.05, 4.69) is 10.2 Å². The molecule has 1 amide bonds. The summed E-state index contributed by atoms with van der Waals surface area (Å²) < 4.78 is 0. The van der Waals surface area contributed by atoms with Crippen LogP contribution in [0.1, 0.15) is 5.56 Å². The zero-order valence-corrected chi connectivity index (χ0v) is 11.8. The fourth-order valence-corrected chi connectivity index (χ4v) is 3.18. The van der Waals surface area contributed by atoms with Gasteiger partial charge in [0, 0.05) is 40.8 Å². The van der Waals surface area contributed by atoms with E-state index in [1.807, 2.05) is 12.1 Å². The van der Waals surface area contributed by atoms with E-state index < -0.39 is 11.6 Å². The van der Waals surface area contributed by atoms with Crippen LogP contribution in [-0.2, 0) is 5.54 Å². The van der Waals surface area contributed by atoms with Gasteiger partial charge in [0.25, 0.3) is 0 Å². The van der Waals surface area contributed by atoms with Crippen LogP contribution >= 0.6 is 23.2 Å². The number of carboxylic acid groups (broad SMARTS) is 1. The summed E-state index contributed by atoms with van der Waals surface area (Å²) in [5, 5.41) is 18.3. The SMILES string of the molecule is O=C(O)N1CC(C2(c3ccc(Cl)cc3Cl)C=CN=N2)C1. The van der Waals surface area contributed by atoms with Crippen molar-refractivity contribution in [3.63, 3.8) is 0 Å². The van der Waals surface area contributed by atoms with Crippen molar-refractivity contribution in [1.82, 2.24) is 4.90 Å². The molecule has 7 heteroatoms. The van der Waals surface area contributed by atoms with E-state index in [-0.39, 0.29) is 5.92 Å². The number of carbonyl (C=O) groups is 1. The van der Waals surface area contributed by atoms with Crippen molar-refractivity contribution in [2.24, 2.45) is 16.1 Å². The second-order valence-corrected chi connectivity index (χ2v) is 5.71. The Labute approximate surface area is 125 Å². The van der Waals surface area contributed by atoms with Crippen LogP contribution in [0.3, 0.4) is 0 Å². The second-order valence-electron chi connectivity index (χ2n) is 4.87. The zero-order valence-electron chi connectivity index (χ0n) is 10.3. The van der Waals surface area contributed by atoms with Gasteiger partial charge in [-0.2, -0.15) is 10.2 Å². The summed E-state index contributed by atoms with van der Waals surface area (Å²) in [6.45, 7) is 0.829. The monoisotopic (exact) mass is 311 g/mol. The number of azo groups is 1. The summed E-state index contributed by atoms with van der Waals surface area (Å²) in [7, 11) is 0. The van der Waals surface area contributed by atoms with Crippen molar-refractivity contribution in [3.8, 4) is 0 Å². The fraction of sp³-hybridized carbons (Fsp3) is 0.308. The number of amides is 1. The molecule has 0 spiro atoms. The molecule has 1 unspecified atom stereocenters. The lowest BCUT2D eigenvalue weighted by Crippen LogP contribution is -2.56. The van der Waals surface area contributed by atoms with Crippen LogP contribution in [0.5, 0.6) is 0 Å². The molecule has 1 aromatic carbocycles. The van der Waals surface area contributed by atoms with Gasteiger partial charge in [0.1, 0.15) is 5.54 Å². The summed E-state index contributed by atoms with van der Waals surface area (Å²) in [4.78, 5) is 12.2. The summed E-state index contributed by atoms with van der Waals surface area (Å²) in [6.07, 6.45) is 2.57. The highest BCUT2D eigenvalue weighted by atomic mass is 35.5. The third-order valence-corrected chi connectivity index (χ3v) is 4.30. The summed E-state index contributed by atoms with van der Waals surface area (Å²) in [5.41, 5.74) is 0.115. The van der Waals surface area contributed by atoms with Gasteiger partial charge in [-0.05, 0) is 18.2 Å². The van der Waals surface area contributed by atoms with Gasteiger partial charge in [-0.3, -0.25) is 0 Å². The molecular weight excluding hydrogens is 301 g/mol. The number of hydrogen-bond acceptors (Lipinski definition) is 3. The lowest BCUT2D eigenvalue weighted by molar-refractivity contribution is 0.0552. The minimum absolute atomic E-state index is 0.0276. The smallest absolute Gasteiger partial charge is 0.407 e. The van der Waals surface area contributed by atoms with Crippen molar-refractivity contribution >= 4 is 29.3 Å². The van der Waals surface area contributed by atoms with Crippen molar-refractivity contribution in [1.29, 1.82) is 0 Å². The Balaban J connectivity index is 1.96. The predicted octanol–water partition coefficient (Wildman–Crippen LogP) is 3.78. The van der Waals surface area contributed by atoms with E-state index in [9.17, 15) is 4.79 Å². The van der Waals surface area contributed by atoms with E-state index in [4.69, 9.17) is 28.3 Å². The maximum Gasteiger partial charge on any atom is 0.407 e. The number of nitrogens with zero attached hydrogens (tertiary/aromatic N) is 3. The highest BCUT2D eigenvalue weighted by Crippen LogP contribution is 2.46. The van der Waals surface area contributed by atoms with Gasteiger partial charge in [0.05, 0.1) is 0 Å². The summed E-state index contributed by atoms with van der Waals surface area (Å²) in [6, 6.07) is 5.23. The van der Waals surface area contributed by atoms with E-state index in [1.165, 1.54) is 4.90 Å². The molecule has 1 N–H and O–H groups in total. The topological polar surface area (TPSA) is 65.3 Å². The Morgan fingerprint density at radius 2 is 2.15 bits per heavy atom. The first-order chi connectivity index (χ1) is 9.53. The molecule has 1 aromatic rings. The van der Waals surface area contributed by atoms with Gasteiger partial charge < -0.3 is 10.0 Å². The normalized spacial score (nSPS) is 25.0. The third-order valence-electron chi connectivity index (χ3n) is 3.76. The van der Waals surface area contributed by atoms with Gasteiger partial charge in [-0.25, -0.2) is 4.79 Å². The molecule has 2 heterocycles. The van der Waals surface area contributed by atoms with Crippen molar-refractivity contribution in [2.75, 3.05) is 13.1 Å². The van der Waals surface area contributed by atoms with Crippen molar-refractivity contribution in [3.05, 3.63) is 46.1 Å². The molecule has 1 fully saturated rings. The first kappa shape index (κ1) is 13.4. The standard InChI is InChI=1S/C13H11Cl2N3O2/c14-9-1-2-10(11(15)5-9)13(3-4-16-17-13)8-6-18(7-8)12(19)20/h1-5,8H,6-7H2,(H,19,20). The molecule has 2 aliphatic heterocycles. The number of hydrogen-bond donors (Lipinski definition) is 1. The van der Waals surface area contributed by atoms with Gasteiger partial charge in [-0.15, -0.1) is 0 Å². The average molecular weight is 312 g/mol. The number of halogens is 2. The Morgan fingerprint density at radius 1 is 1.40 bits per heavy atom. The van der Waals surface area contributed by atoms with Gasteiger partial charge >= 0.3 is 6.09 Å². The lowest BCUT2D eigenvalue weighted by atomic mass is 9.75. The van der Waals surface area contributed by atoms with Gasteiger partial charge in [-0.1, -0.05) is 29.3 Å². The summed E-state index contributed by atoms with van der Waals surface area (Å²) >= 11 is 12.2. The fourth-order valence-electron chi connectivity index (χ4n) is 2.62. The molecular formula is C13H11Cl2N3O2. The van der Waals surface area contributed by atoms with Crippen LogP contribution in [0.2, 0.25) is 10.0 Å². The highest BCUT2D eigenvalue weighted by molar-refractivity contribution is 6.35. The Morgan fingerprint density at radius 3 is 2.70 bits per heavy atom. The van der Waals surface area contributed by atoms with Crippen LogP contribution in [0.4, 0.5) is 4.79 Å². The number of rotatable bonds is 2. The minimum atomic E-state index is -0.919. The average Bonchev–Trinajstić information content (AvgIpc) is 2.76. The summed E-state index contributed by atoms with van der Waals surface area (Å²) in [5.74, 6) is 0.0276. The largest absolute Gasteiger partial charge is 0.465 e. The van der Waals surface area contributed by atoms with E-state index >= 15 is 0 Å². The Hall–Kier alpha value is -1.59. The molecule has 1 atom stereocenters. The molecule has 5 nitrogen and oxygen atoms in total. The van der Waals surface area contributed by atoms with Crippen LogP contribution in [-0.4, -0.2) is 29.2 Å². The van der Waals surface area contributed by atoms with E-state index in [1.54, 1.807) is 18.3 Å². The molecule has 20 heavy (non-hydrogen) atoms. The van der Waals surface area contributed by atoms with E-state index in [0.717, 1.165) is 5.56 Å². The molecule has 2 aliphatic rings. The quantitative estimate of drug-likeness (QED) is 0.903. The third kappa shape index (κ3) is 1.98. The van der Waals surface area contributed by atoms with Crippen LogP contribution in [0, 0.1) is 5.92 Å². The highest BCUT2D eigenvalue weighted by Gasteiger charge is 2.49. The van der Waals surface area contributed by atoms with Crippen LogP contribution < -0.4 is 0 Å². The van der Waals surface area contributed by atoms with E-state index in [0.29, 0.717) is 23.1 Å². The molecule has 0 saturated carbocycles. The molecule has 0 bridgehead atoms. The molecule has 0 aliphatic carbocycles. The lowest BCUT2D eigenvalue weighted by Gasteiger charge is -2.45. The maximum absolute atomic E-state index is 10.9. The second kappa shape index (κ2) is 4.75. The zero-order chi connectivity index (χ0) is 14.3. The number of benzene rings is 1. The number of likely N-dealkylation sites (tertiary alicyclic amines) is 1. The Kier molecular flexibility index (Phi) is 3.18. The molecule has 104 valence electrons. The Bertz CT molecular complexity index is 612. The predicted molar refractivity (Wildman–Crippen MR) is 75.2 cm³/mol. The molecule has 0 aromatic heterocycles. The van der Waals surface area contributed by atoms with Crippen LogP contribution in [0.25, 0.3) is 0 Å². The molecule has 1 saturated heterocycles. The van der Waals surface area contributed by atoms with Gasteiger partial charge in [0.15, 0.2) is 0 Å². The minimum Gasteiger partial charge on any atom is -0.465 e.